The Bertz CT molecular complexity index is 1110. The summed E-state index contributed by atoms with van der Waals surface area (Å²) < 4.78 is 7.43. The predicted octanol–water partition coefficient (Wildman–Crippen LogP) is 1.32. The number of anilines is 1. The SMILES string of the molecule is CN(C)c1nccnc1OC1CCCN(C(=O)Cn2cnc3ccccc3c2=O)C1. The van der Waals surface area contributed by atoms with Gasteiger partial charge in [0.1, 0.15) is 12.6 Å². The van der Waals surface area contributed by atoms with Crippen LogP contribution in [0.2, 0.25) is 0 Å². The van der Waals surface area contributed by atoms with Gasteiger partial charge in [0.25, 0.3) is 11.4 Å². The second-order valence-corrected chi connectivity index (χ2v) is 7.50. The number of amides is 1. The molecule has 1 aliphatic rings. The van der Waals surface area contributed by atoms with Crippen molar-refractivity contribution in [3.63, 3.8) is 0 Å². The first-order valence-corrected chi connectivity index (χ1v) is 9.90. The quantitative estimate of drug-likeness (QED) is 0.629. The van der Waals surface area contributed by atoms with Gasteiger partial charge in [-0.3, -0.25) is 14.2 Å². The molecule has 0 saturated carbocycles. The molecule has 1 aliphatic heterocycles. The minimum atomic E-state index is -0.214. The molecule has 156 valence electrons. The van der Waals surface area contributed by atoms with Crippen molar-refractivity contribution in [1.29, 1.82) is 0 Å². The lowest BCUT2D eigenvalue weighted by Crippen LogP contribution is -2.46. The summed E-state index contributed by atoms with van der Waals surface area (Å²) in [6.07, 6.45) is 6.11. The van der Waals surface area contributed by atoms with Crippen molar-refractivity contribution >= 4 is 22.6 Å². The molecule has 0 aliphatic carbocycles. The highest BCUT2D eigenvalue weighted by Crippen LogP contribution is 2.24. The van der Waals surface area contributed by atoms with E-state index in [1.54, 1.807) is 35.5 Å². The van der Waals surface area contributed by atoms with Crippen LogP contribution in [0, 0.1) is 0 Å². The Kier molecular flexibility index (Phi) is 5.60. The average Bonchev–Trinajstić information content (AvgIpc) is 2.76. The third-order valence-corrected chi connectivity index (χ3v) is 5.12. The van der Waals surface area contributed by atoms with Gasteiger partial charge in [-0.25, -0.2) is 15.0 Å². The van der Waals surface area contributed by atoms with Crippen molar-refractivity contribution in [3.05, 3.63) is 53.3 Å². The molecule has 0 radical (unpaired) electrons. The molecule has 1 amide bonds. The largest absolute Gasteiger partial charge is 0.470 e. The molecule has 3 heterocycles. The normalized spacial score (nSPS) is 16.5. The maximum absolute atomic E-state index is 12.9. The van der Waals surface area contributed by atoms with E-state index in [0.29, 0.717) is 35.7 Å². The van der Waals surface area contributed by atoms with Crippen LogP contribution in [0.25, 0.3) is 10.9 Å². The number of carbonyl (C=O) groups is 1. The van der Waals surface area contributed by atoms with Crippen molar-refractivity contribution in [2.45, 2.75) is 25.5 Å². The molecule has 30 heavy (non-hydrogen) atoms. The molecule has 1 aromatic carbocycles. The number of benzene rings is 1. The molecular formula is C21H24N6O3. The Balaban J connectivity index is 1.46. The minimum Gasteiger partial charge on any atom is -0.470 e. The lowest BCUT2D eigenvalue weighted by atomic mass is 10.1. The molecule has 1 atom stereocenters. The highest BCUT2D eigenvalue weighted by Gasteiger charge is 2.26. The summed E-state index contributed by atoms with van der Waals surface area (Å²) in [5.41, 5.74) is 0.409. The molecule has 1 unspecified atom stereocenters. The number of rotatable bonds is 5. The molecule has 2 aromatic heterocycles. The van der Waals surface area contributed by atoms with Crippen LogP contribution < -0.4 is 15.2 Å². The van der Waals surface area contributed by atoms with E-state index < -0.39 is 0 Å². The molecule has 0 N–H and O–H groups in total. The second-order valence-electron chi connectivity index (χ2n) is 7.50. The number of nitrogens with zero attached hydrogens (tertiary/aromatic N) is 6. The molecule has 1 fully saturated rings. The molecule has 4 rings (SSSR count). The zero-order valence-electron chi connectivity index (χ0n) is 17.1. The fourth-order valence-electron chi connectivity index (χ4n) is 3.59. The van der Waals surface area contributed by atoms with Gasteiger partial charge in [0.2, 0.25) is 5.91 Å². The lowest BCUT2D eigenvalue weighted by Gasteiger charge is -2.33. The van der Waals surface area contributed by atoms with Crippen LogP contribution in [0.1, 0.15) is 12.8 Å². The highest BCUT2D eigenvalue weighted by atomic mass is 16.5. The third kappa shape index (κ3) is 4.10. The second kappa shape index (κ2) is 8.48. The smallest absolute Gasteiger partial charge is 0.261 e. The van der Waals surface area contributed by atoms with Crippen LogP contribution in [0.3, 0.4) is 0 Å². The van der Waals surface area contributed by atoms with Crippen LogP contribution in [-0.4, -0.2) is 63.6 Å². The lowest BCUT2D eigenvalue weighted by molar-refractivity contribution is -0.134. The molecule has 0 bridgehead atoms. The van der Waals surface area contributed by atoms with E-state index in [2.05, 4.69) is 15.0 Å². The standard InChI is InChI=1S/C21H24N6O3/c1-25(2)19-20(23-10-9-22-19)30-15-6-5-11-26(12-15)18(28)13-27-14-24-17-8-4-3-7-16(17)21(27)29/h3-4,7-10,14-15H,5-6,11-13H2,1-2H3. The van der Waals surface area contributed by atoms with Gasteiger partial charge in [-0.15, -0.1) is 0 Å². The molecule has 0 spiro atoms. The number of para-hydroxylation sites is 1. The van der Waals surface area contributed by atoms with Crippen molar-refractivity contribution < 1.29 is 9.53 Å². The fraction of sp³-hybridized carbons (Fsp3) is 0.381. The first-order chi connectivity index (χ1) is 14.5. The van der Waals surface area contributed by atoms with Crippen LogP contribution in [-0.2, 0) is 11.3 Å². The monoisotopic (exact) mass is 408 g/mol. The third-order valence-electron chi connectivity index (χ3n) is 5.12. The molecule has 3 aromatic rings. The molecule has 9 nitrogen and oxygen atoms in total. The van der Waals surface area contributed by atoms with Gasteiger partial charge in [-0.2, -0.15) is 0 Å². The number of likely N-dealkylation sites (tertiary alicyclic amines) is 1. The van der Waals surface area contributed by atoms with Gasteiger partial charge in [0.05, 0.1) is 23.8 Å². The van der Waals surface area contributed by atoms with Crippen LogP contribution >= 0.6 is 0 Å². The summed E-state index contributed by atoms with van der Waals surface area (Å²) in [6.45, 7) is 1.03. The maximum Gasteiger partial charge on any atom is 0.261 e. The van der Waals surface area contributed by atoms with Gasteiger partial charge in [-0.1, -0.05) is 12.1 Å². The fourth-order valence-corrected chi connectivity index (χ4v) is 3.59. The Morgan fingerprint density at radius 1 is 1.20 bits per heavy atom. The summed E-state index contributed by atoms with van der Waals surface area (Å²) >= 11 is 0. The van der Waals surface area contributed by atoms with Gasteiger partial charge in [0.15, 0.2) is 5.82 Å². The number of ether oxygens (including phenoxy) is 1. The molecule has 1 saturated heterocycles. The highest BCUT2D eigenvalue weighted by molar-refractivity contribution is 5.79. The average molecular weight is 408 g/mol. The van der Waals surface area contributed by atoms with Gasteiger partial charge in [0, 0.05) is 33.0 Å². The summed E-state index contributed by atoms with van der Waals surface area (Å²) in [5, 5.41) is 0.506. The number of hydrogen-bond acceptors (Lipinski definition) is 7. The van der Waals surface area contributed by atoms with E-state index >= 15 is 0 Å². The van der Waals surface area contributed by atoms with Crippen molar-refractivity contribution in [1.82, 2.24) is 24.4 Å². The number of aromatic nitrogens is 4. The van der Waals surface area contributed by atoms with Crippen LogP contribution in [0.4, 0.5) is 5.82 Å². The summed E-state index contributed by atoms with van der Waals surface area (Å²) in [7, 11) is 3.76. The number of carbonyl (C=O) groups excluding carboxylic acids is 1. The van der Waals surface area contributed by atoms with E-state index in [4.69, 9.17) is 4.74 Å². The Morgan fingerprint density at radius 2 is 2.00 bits per heavy atom. The van der Waals surface area contributed by atoms with Crippen molar-refractivity contribution in [2.75, 3.05) is 32.1 Å². The Labute approximate surface area is 173 Å². The predicted molar refractivity (Wildman–Crippen MR) is 113 cm³/mol. The summed E-state index contributed by atoms with van der Waals surface area (Å²) in [4.78, 5) is 42.0. The van der Waals surface area contributed by atoms with E-state index in [9.17, 15) is 9.59 Å². The van der Waals surface area contributed by atoms with Crippen molar-refractivity contribution in [3.8, 4) is 5.88 Å². The summed E-state index contributed by atoms with van der Waals surface area (Å²) in [5.74, 6) is 0.973. The van der Waals surface area contributed by atoms with Gasteiger partial charge in [-0.05, 0) is 25.0 Å². The summed E-state index contributed by atoms with van der Waals surface area (Å²) in [6, 6.07) is 7.12. The van der Waals surface area contributed by atoms with E-state index in [1.807, 2.05) is 25.1 Å². The Hall–Kier alpha value is -3.49. The molecule has 9 heteroatoms. The van der Waals surface area contributed by atoms with E-state index in [0.717, 1.165) is 12.8 Å². The van der Waals surface area contributed by atoms with Gasteiger partial charge < -0.3 is 14.5 Å². The Morgan fingerprint density at radius 3 is 2.83 bits per heavy atom. The number of hydrogen-bond donors (Lipinski definition) is 0. The first-order valence-electron chi connectivity index (χ1n) is 9.90. The zero-order chi connectivity index (χ0) is 21.1. The zero-order valence-corrected chi connectivity index (χ0v) is 17.1. The number of fused-ring (bicyclic) bond motifs is 1. The maximum atomic E-state index is 12.9. The van der Waals surface area contributed by atoms with Crippen molar-refractivity contribution in [2.24, 2.45) is 0 Å². The topological polar surface area (TPSA) is 93.4 Å². The van der Waals surface area contributed by atoms with Crippen LogP contribution in [0.5, 0.6) is 5.88 Å². The van der Waals surface area contributed by atoms with E-state index in [1.165, 1.54) is 10.9 Å². The number of piperidine rings is 1. The van der Waals surface area contributed by atoms with E-state index in [-0.39, 0.29) is 24.1 Å². The molecular weight excluding hydrogens is 384 g/mol. The minimum absolute atomic E-state index is 0.0442. The first kappa shape index (κ1) is 19.8. The van der Waals surface area contributed by atoms with Crippen LogP contribution in [0.15, 0.2) is 47.8 Å². The van der Waals surface area contributed by atoms with Gasteiger partial charge >= 0.3 is 0 Å².